The van der Waals surface area contributed by atoms with E-state index in [4.69, 9.17) is 5.73 Å². The summed E-state index contributed by atoms with van der Waals surface area (Å²) in [4.78, 5) is 4.35. The SMILES string of the molecule is Cc1nc(Br)n2c1CCC(N)C2. The maximum Gasteiger partial charge on any atom is 0.177 e. The molecule has 3 nitrogen and oxygen atoms in total. The van der Waals surface area contributed by atoms with Crippen molar-refractivity contribution in [3.63, 3.8) is 0 Å². The second-order valence-electron chi connectivity index (χ2n) is 3.32. The van der Waals surface area contributed by atoms with Gasteiger partial charge in [-0.25, -0.2) is 4.98 Å². The van der Waals surface area contributed by atoms with E-state index < -0.39 is 0 Å². The Balaban J connectivity index is 2.45. The molecule has 0 fully saturated rings. The maximum atomic E-state index is 5.86. The maximum absolute atomic E-state index is 5.86. The zero-order valence-electron chi connectivity index (χ0n) is 7.05. The van der Waals surface area contributed by atoms with Crippen LogP contribution >= 0.6 is 15.9 Å². The number of hydrogen-bond acceptors (Lipinski definition) is 2. The molecule has 0 aliphatic carbocycles. The number of fused-ring (bicyclic) bond motifs is 1. The molecule has 0 aromatic carbocycles. The van der Waals surface area contributed by atoms with Crippen LogP contribution in [0.1, 0.15) is 17.8 Å². The molecule has 1 aliphatic rings. The van der Waals surface area contributed by atoms with E-state index in [1.54, 1.807) is 0 Å². The summed E-state index contributed by atoms with van der Waals surface area (Å²) in [6.45, 7) is 2.95. The van der Waals surface area contributed by atoms with Gasteiger partial charge in [-0.1, -0.05) is 0 Å². The van der Waals surface area contributed by atoms with E-state index in [0.29, 0.717) is 6.04 Å². The van der Waals surface area contributed by atoms with E-state index in [1.165, 1.54) is 5.69 Å². The molecule has 1 aliphatic heterocycles. The quantitative estimate of drug-likeness (QED) is 0.728. The van der Waals surface area contributed by atoms with Gasteiger partial charge >= 0.3 is 0 Å². The van der Waals surface area contributed by atoms with Crippen molar-refractivity contribution < 1.29 is 0 Å². The minimum Gasteiger partial charge on any atom is -0.326 e. The van der Waals surface area contributed by atoms with E-state index in [1.807, 2.05) is 6.92 Å². The number of nitrogens with two attached hydrogens (primary N) is 1. The first kappa shape index (κ1) is 8.26. The van der Waals surface area contributed by atoms with Gasteiger partial charge in [-0.05, 0) is 35.7 Å². The van der Waals surface area contributed by atoms with Crippen molar-refractivity contribution in [3.05, 3.63) is 16.1 Å². The Kier molecular flexibility index (Phi) is 1.96. The number of aryl methyl sites for hydroxylation is 1. The number of halogens is 1. The van der Waals surface area contributed by atoms with Crippen molar-refractivity contribution in [2.24, 2.45) is 5.73 Å². The van der Waals surface area contributed by atoms with Crippen LogP contribution in [0.4, 0.5) is 0 Å². The lowest BCUT2D eigenvalue weighted by atomic mass is 10.1. The molecule has 1 unspecified atom stereocenters. The van der Waals surface area contributed by atoms with Gasteiger partial charge in [-0.15, -0.1) is 0 Å². The molecular formula is C8H12BrN3. The fourth-order valence-electron chi connectivity index (χ4n) is 1.72. The molecule has 4 heteroatoms. The Morgan fingerprint density at radius 3 is 3.17 bits per heavy atom. The van der Waals surface area contributed by atoms with Crippen molar-refractivity contribution in [1.82, 2.24) is 9.55 Å². The number of aromatic nitrogens is 2. The lowest BCUT2D eigenvalue weighted by molar-refractivity contribution is 0.454. The normalized spacial score (nSPS) is 22.4. The molecule has 0 bridgehead atoms. The highest BCUT2D eigenvalue weighted by Crippen LogP contribution is 2.22. The van der Waals surface area contributed by atoms with Crippen LogP contribution in [0.5, 0.6) is 0 Å². The molecule has 2 heterocycles. The number of hydrogen-bond donors (Lipinski definition) is 1. The predicted octanol–water partition coefficient (Wildman–Crippen LogP) is 1.23. The standard InChI is InChI=1S/C8H12BrN3/c1-5-7-3-2-6(10)4-12(7)8(9)11-5/h6H,2-4,10H2,1H3. The monoisotopic (exact) mass is 229 g/mol. The lowest BCUT2D eigenvalue weighted by Gasteiger charge is -2.21. The zero-order chi connectivity index (χ0) is 8.72. The third-order valence-electron chi connectivity index (χ3n) is 2.40. The van der Waals surface area contributed by atoms with Crippen LogP contribution in [0.15, 0.2) is 4.73 Å². The average Bonchev–Trinajstić information content (AvgIpc) is 2.28. The first-order chi connectivity index (χ1) is 5.68. The van der Waals surface area contributed by atoms with Crippen LogP contribution in [-0.2, 0) is 13.0 Å². The summed E-state index contributed by atoms with van der Waals surface area (Å²) in [6, 6.07) is 0.294. The third kappa shape index (κ3) is 1.19. The first-order valence-electron chi connectivity index (χ1n) is 4.15. The summed E-state index contributed by atoms with van der Waals surface area (Å²) < 4.78 is 3.09. The molecule has 0 amide bonds. The topological polar surface area (TPSA) is 43.8 Å². The summed E-state index contributed by atoms with van der Waals surface area (Å²) in [5.41, 5.74) is 8.33. The van der Waals surface area contributed by atoms with Gasteiger partial charge in [0.1, 0.15) is 0 Å². The van der Waals surface area contributed by atoms with Gasteiger partial charge in [0.2, 0.25) is 0 Å². The van der Waals surface area contributed by atoms with Gasteiger partial charge in [0.15, 0.2) is 4.73 Å². The fourth-order valence-corrected chi connectivity index (χ4v) is 2.34. The fraction of sp³-hybridized carbons (Fsp3) is 0.625. The molecule has 1 aromatic rings. The van der Waals surface area contributed by atoms with Crippen molar-refractivity contribution >= 4 is 15.9 Å². The molecule has 0 radical (unpaired) electrons. The van der Waals surface area contributed by atoms with Gasteiger partial charge < -0.3 is 10.3 Å². The van der Waals surface area contributed by atoms with Crippen molar-refractivity contribution in [2.45, 2.75) is 32.4 Å². The highest BCUT2D eigenvalue weighted by molar-refractivity contribution is 9.10. The molecular weight excluding hydrogens is 218 g/mol. The predicted molar refractivity (Wildman–Crippen MR) is 51.0 cm³/mol. The minimum absolute atomic E-state index is 0.294. The zero-order valence-corrected chi connectivity index (χ0v) is 8.63. The third-order valence-corrected chi connectivity index (χ3v) is 3.00. The molecule has 1 atom stereocenters. The molecule has 66 valence electrons. The summed E-state index contributed by atoms with van der Waals surface area (Å²) in [6.07, 6.45) is 2.14. The van der Waals surface area contributed by atoms with E-state index in [0.717, 1.165) is 29.8 Å². The number of imidazole rings is 1. The van der Waals surface area contributed by atoms with Gasteiger partial charge in [0, 0.05) is 18.3 Å². The first-order valence-corrected chi connectivity index (χ1v) is 4.95. The van der Waals surface area contributed by atoms with E-state index >= 15 is 0 Å². The highest BCUT2D eigenvalue weighted by atomic mass is 79.9. The smallest absolute Gasteiger partial charge is 0.177 e. The molecule has 12 heavy (non-hydrogen) atoms. The Hall–Kier alpha value is -0.350. The Bertz CT molecular complexity index is 305. The summed E-state index contributed by atoms with van der Waals surface area (Å²) in [5, 5.41) is 0. The van der Waals surface area contributed by atoms with Crippen LogP contribution in [0.25, 0.3) is 0 Å². The number of nitrogens with zero attached hydrogens (tertiary/aromatic N) is 2. The lowest BCUT2D eigenvalue weighted by Crippen LogP contribution is -2.31. The Morgan fingerprint density at radius 2 is 2.42 bits per heavy atom. The number of rotatable bonds is 0. The second kappa shape index (κ2) is 2.85. The minimum atomic E-state index is 0.294. The van der Waals surface area contributed by atoms with Crippen molar-refractivity contribution in [2.75, 3.05) is 0 Å². The van der Waals surface area contributed by atoms with E-state index in [-0.39, 0.29) is 0 Å². The van der Waals surface area contributed by atoms with Crippen LogP contribution in [0.2, 0.25) is 0 Å². The highest BCUT2D eigenvalue weighted by Gasteiger charge is 2.19. The summed E-state index contributed by atoms with van der Waals surface area (Å²) in [5.74, 6) is 0. The molecule has 0 saturated heterocycles. The van der Waals surface area contributed by atoms with Gasteiger partial charge in [0.25, 0.3) is 0 Å². The average molecular weight is 230 g/mol. The molecule has 0 spiro atoms. The molecule has 2 N–H and O–H groups in total. The van der Waals surface area contributed by atoms with Gasteiger partial charge in [-0.2, -0.15) is 0 Å². The van der Waals surface area contributed by atoms with Crippen LogP contribution < -0.4 is 5.73 Å². The van der Waals surface area contributed by atoms with Crippen molar-refractivity contribution in [1.29, 1.82) is 0 Å². The summed E-state index contributed by atoms with van der Waals surface area (Å²) in [7, 11) is 0. The molecule has 1 aromatic heterocycles. The second-order valence-corrected chi connectivity index (χ2v) is 4.03. The summed E-state index contributed by atoms with van der Waals surface area (Å²) >= 11 is 3.43. The van der Waals surface area contributed by atoms with E-state index in [2.05, 4.69) is 25.5 Å². The molecule has 0 saturated carbocycles. The van der Waals surface area contributed by atoms with Crippen LogP contribution in [0.3, 0.4) is 0 Å². The van der Waals surface area contributed by atoms with Crippen LogP contribution in [-0.4, -0.2) is 15.6 Å². The molecule has 2 rings (SSSR count). The van der Waals surface area contributed by atoms with Gasteiger partial charge in [-0.3, -0.25) is 0 Å². The Morgan fingerprint density at radius 1 is 1.67 bits per heavy atom. The Labute approximate surface area is 80.1 Å². The van der Waals surface area contributed by atoms with Crippen LogP contribution in [0, 0.1) is 6.92 Å². The van der Waals surface area contributed by atoms with E-state index in [9.17, 15) is 0 Å². The van der Waals surface area contributed by atoms with Gasteiger partial charge in [0.05, 0.1) is 5.69 Å². The van der Waals surface area contributed by atoms with Crippen molar-refractivity contribution in [3.8, 4) is 0 Å². The largest absolute Gasteiger partial charge is 0.326 e.